The lowest BCUT2D eigenvalue weighted by molar-refractivity contribution is -0.121. The molecule has 0 saturated heterocycles. The van der Waals surface area contributed by atoms with Gasteiger partial charge in [-0.25, -0.2) is 0 Å². The van der Waals surface area contributed by atoms with Crippen molar-refractivity contribution in [2.45, 2.75) is 26.3 Å². The number of benzene rings is 1. The van der Waals surface area contributed by atoms with Gasteiger partial charge in [-0.05, 0) is 54.6 Å². The highest BCUT2D eigenvalue weighted by Gasteiger charge is 2.05. The molecule has 2 heterocycles. The van der Waals surface area contributed by atoms with E-state index in [-0.39, 0.29) is 11.5 Å². The molecular formula is C18H18N2O3. The largest absolute Gasteiger partial charge is 0.467 e. The molecule has 0 atom stereocenters. The molecule has 0 radical (unpaired) electrons. The van der Waals surface area contributed by atoms with Crippen molar-refractivity contribution >= 4 is 16.8 Å². The van der Waals surface area contributed by atoms with E-state index in [0.29, 0.717) is 24.9 Å². The van der Waals surface area contributed by atoms with Crippen molar-refractivity contribution < 1.29 is 9.21 Å². The first-order chi connectivity index (χ1) is 11.1. The Kier molecular flexibility index (Phi) is 4.28. The van der Waals surface area contributed by atoms with Crippen molar-refractivity contribution in [2.24, 2.45) is 0 Å². The van der Waals surface area contributed by atoms with Gasteiger partial charge in [-0.3, -0.25) is 9.59 Å². The van der Waals surface area contributed by atoms with E-state index in [1.165, 1.54) is 0 Å². The average Bonchev–Trinajstić information content (AvgIpc) is 3.05. The molecule has 0 aliphatic carbocycles. The number of nitrogens with one attached hydrogen (secondary N) is 2. The van der Waals surface area contributed by atoms with Crippen LogP contribution in [0.3, 0.4) is 0 Å². The van der Waals surface area contributed by atoms with Crippen LogP contribution in [0.4, 0.5) is 0 Å². The number of hydrogen-bond donors (Lipinski definition) is 2. The molecule has 2 aromatic heterocycles. The number of aromatic nitrogens is 1. The molecule has 0 unspecified atom stereocenters. The maximum absolute atomic E-state index is 11.9. The predicted molar refractivity (Wildman–Crippen MR) is 88.2 cm³/mol. The van der Waals surface area contributed by atoms with Crippen LogP contribution in [0.25, 0.3) is 10.9 Å². The van der Waals surface area contributed by atoms with Crippen molar-refractivity contribution in [3.05, 3.63) is 69.9 Å². The van der Waals surface area contributed by atoms with Crippen LogP contribution in [0.2, 0.25) is 0 Å². The summed E-state index contributed by atoms with van der Waals surface area (Å²) in [6.07, 6.45) is 2.65. The van der Waals surface area contributed by atoms with Crippen molar-refractivity contribution in [1.29, 1.82) is 0 Å². The Balaban J connectivity index is 1.61. The van der Waals surface area contributed by atoms with Crippen LogP contribution in [-0.2, 0) is 17.8 Å². The van der Waals surface area contributed by atoms with Gasteiger partial charge in [-0.15, -0.1) is 0 Å². The van der Waals surface area contributed by atoms with Crippen LogP contribution in [0.5, 0.6) is 0 Å². The number of H-pyrrole nitrogens is 1. The second-order valence-corrected chi connectivity index (χ2v) is 5.56. The lowest BCUT2D eigenvalue weighted by atomic mass is 10.1. The summed E-state index contributed by atoms with van der Waals surface area (Å²) in [6.45, 7) is 2.19. The predicted octanol–water partition coefficient (Wildman–Crippen LogP) is 2.68. The Bertz CT molecular complexity index is 879. The van der Waals surface area contributed by atoms with E-state index >= 15 is 0 Å². The normalized spacial score (nSPS) is 10.8. The zero-order valence-electron chi connectivity index (χ0n) is 12.9. The first kappa shape index (κ1) is 15.1. The molecule has 23 heavy (non-hydrogen) atoms. The first-order valence-corrected chi connectivity index (χ1v) is 7.53. The molecule has 5 nitrogen and oxygen atoms in total. The quantitative estimate of drug-likeness (QED) is 0.761. The minimum absolute atomic E-state index is 0.0147. The van der Waals surface area contributed by atoms with E-state index in [4.69, 9.17) is 4.42 Å². The summed E-state index contributed by atoms with van der Waals surface area (Å²) < 4.78 is 5.17. The van der Waals surface area contributed by atoms with Gasteiger partial charge < -0.3 is 14.7 Å². The zero-order valence-corrected chi connectivity index (χ0v) is 12.9. The van der Waals surface area contributed by atoms with E-state index in [0.717, 1.165) is 22.2 Å². The van der Waals surface area contributed by atoms with Crippen LogP contribution in [-0.4, -0.2) is 10.9 Å². The number of furan rings is 1. The van der Waals surface area contributed by atoms with Gasteiger partial charge in [0.25, 0.3) is 5.56 Å². The fourth-order valence-corrected chi connectivity index (χ4v) is 2.47. The highest BCUT2D eigenvalue weighted by Crippen LogP contribution is 2.15. The third-order valence-corrected chi connectivity index (χ3v) is 3.77. The Hall–Kier alpha value is -2.82. The summed E-state index contributed by atoms with van der Waals surface area (Å²) in [5.74, 6) is 0.725. The van der Waals surface area contributed by atoms with Crippen LogP contribution in [0, 0.1) is 6.92 Å². The summed E-state index contributed by atoms with van der Waals surface area (Å²) in [5.41, 5.74) is 2.50. The first-order valence-electron chi connectivity index (χ1n) is 7.53. The van der Waals surface area contributed by atoms with Crippen LogP contribution >= 0.6 is 0 Å². The molecule has 3 rings (SSSR count). The monoisotopic (exact) mass is 310 g/mol. The maximum atomic E-state index is 11.9. The molecule has 0 bridgehead atoms. The third kappa shape index (κ3) is 3.69. The second kappa shape index (κ2) is 6.52. The Morgan fingerprint density at radius 3 is 2.91 bits per heavy atom. The molecule has 1 amide bonds. The lowest BCUT2D eigenvalue weighted by Gasteiger charge is -2.06. The summed E-state index contributed by atoms with van der Waals surface area (Å²) >= 11 is 0. The van der Waals surface area contributed by atoms with Crippen molar-refractivity contribution in [2.75, 3.05) is 0 Å². The third-order valence-electron chi connectivity index (χ3n) is 3.77. The van der Waals surface area contributed by atoms with Gasteiger partial charge >= 0.3 is 0 Å². The van der Waals surface area contributed by atoms with Gasteiger partial charge in [0, 0.05) is 17.5 Å². The topological polar surface area (TPSA) is 75.1 Å². The number of fused-ring (bicyclic) bond motifs is 1. The molecule has 118 valence electrons. The number of carbonyl (C=O) groups excluding carboxylic acids is 1. The van der Waals surface area contributed by atoms with E-state index in [2.05, 4.69) is 10.3 Å². The minimum Gasteiger partial charge on any atom is -0.467 e. The van der Waals surface area contributed by atoms with Crippen molar-refractivity contribution in [3.8, 4) is 0 Å². The second-order valence-electron chi connectivity index (χ2n) is 5.56. The summed E-state index contributed by atoms with van der Waals surface area (Å²) in [6, 6.07) is 11.3. The SMILES string of the molecule is Cc1cc2cc(CCC(=O)NCc3ccco3)ccc2[nH]c1=O. The molecule has 0 saturated carbocycles. The molecule has 1 aromatic carbocycles. The summed E-state index contributed by atoms with van der Waals surface area (Å²) in [5, 5.41) is 3.81. The van der Waals surface area contributed by atoms with E-state index < -0.39 is 0 Å². The molecular weight excluding hydrogens is 292 g/mol. The number of hydrogen-bond acceptors (Lipinski definition) is 3. The number of rotatable bonds is 5. The van der Waals surface area contributed by atoms with Crippen LogP contribution in [0.15, 0.2) is 51.9 Å². The Morgan fingerprint density at radius 2 is 2.13 bits per heavy atom. The fourth-order valence-electron chi connectivity index (χ4n) is 2.47. The summed E-state index contributed by atoms with van der Waals surface area (Å²) in [4.78, 5) is 26.3. The van der Waals surface area contributed by atoms with Crippen molar-refractivity contribution in [3.63, 3.8) is 0 Å². The molecule has 3 aromatic rings. The number of amides is 1. The highest BCUT2D eigenvalue weighted by molar-refractivity contribution is 5.80. The van der Waals surface area contributed by atoms with Gasteiger partial charge in [0.15, 0.2) is 0 Å². The molecule has 0 aliphatic heterocycles. The fraction of sp³-hybridized carbons (Fsp3) is 0.222. The highest BCUT2D eigenvalue weighted by atomic mass is 16.3. The maximum Gasteiger partial charge on any atom is 0.251 e. The van der Waals surface area contributed by atoms with E-state index in [9.17, 15) is 9.59 Å². The van der Waals surface area contributed by atoms with Gasteiger partial charge in [0.2, 0.25) is 5.91 Å². The van der Waals surface area contributed by atoms with Gasteiger partial charge in [-0.1, -0.05) is 6.07 Å². The lowest BCUT2D eigenvalue weighted by Crippen LogP contribution is -2.22. The van der Waals surface area contributed by atoms with E-state index in [1.807, 2.05) is 30.3 Å². The Labute approximate surface area is 133 Å². The zero-order chi connectivity index (χ0) is 16.2. The summed E-state index contributed by atoms with van der Waals surface area (Å²) in [7, 11) is 0. The van der Waals surface area contributed by atoms with Gasteiger partial charge in [0.1, 0.15) is 5.76 Å². The van der Waals surface area contributed by atoms with E-state index in [1.54, 1.807) is 19.3 Å². The van der Waals surface area contributed by atoms with Gasteiger partial charge in [-0.2, -0.15) is 0 Å². The van der Waals surface area contributed by atoms with Crippen LogP contribution in [0.1, 0.15) is 23.3 Å². The Morgan fingerprint density at radius 1 is 1.26 bits per heavy atom. The number of aromatic amines is 1. The molecule has 0 spiro atoms. The van der Waals surface area contributed by atoms with Crippen LogP contribution < -0.4 is 10.9 Å². The molecule has 0 aliphatic rings. The molecule has 5 heteroatoms. The molecule has 2 N–H and O–H groups in total. The number of pyridine rings is 1. The number of carbonyl (C=O) groups is 1. The molecule has 0 fully saturated rings. The minimum atomic E-state index is -0.0671. The standard InChI is InChI=1S/C18H18N2O3/c1-12-9-14-10-13(4-6-16(14)20-18(12)22)5-7-17(21)19-11-15-3-2-8-23-15/h2-4,6,8-10H,5,7,11H2,1H3,(H,19,21)(H,20,22). The number of aryl methyl sites for hydroxylation is 2. The average molecular weight is 310 g/mol. The van der Waals surface area contributed by atoms with Crippen molar-refractivity contribution in [1.82, 2.24) is 10.3 Å². The van der Waals surface area contributed by atoms with Gasteiger partial charge in [0.05, 0.1) is 12.8 Å². The smallest absolute Gasteiger partial charge is 0.251 e.